The number of hydrogen-bond acceptors (Lipinski definition) is 5. The van der Waals surface area contributed by atoms with Crippen molar-refractivity contribution in [1.29, 1.82) is 0 Å². The number of anilines is 1. The predicted octanol–water partition coefficient (Wildman–Crippen LogP) is 0.528. The van der Waals surface area contributed by atoms with E-state index in [-0.39, 0.29) is 6.04 Å². The van der Waals surface area contributed by atoms with E-state index in [1.54, 1.807) is 0 Å². The molecule has 3 heterocycles. The van der Waals surface area contributed by atoms with E-state index in [1.165, 1.54) is 0 Å². The summed E-state index contributed by atoms with van der Waals surface area (Å²) in [5.74, 6) is 2.11. The van der Waals surface area contributed by atoms with E-state index in [2.05, 4.69) is 26.7 Å². The Bertz CT molecular complexity index is 513. The summed E-state index contributed by atoms with van der Waals surface area (Å²) in [6.07, 6.45) is 2.78. The number of carbonyl (C=O) groups is 1. The first-order valence-electron chi connectivity index (χ1n) is 7.76. The molecule has 3 rings (SSSR count). The summed E-state index contributed by atoms with van der Waals surface area (Å²) in [4.78, 5) is 27.5. The SMILES string of the molecule is CCN1CCC(N2CCN(c3ccnc(C)n3)CC2)C1=O. The van der Waals surface area contributed by atoms with Crippen LogP contribution in [0.4, 0.5) is 5.82 Å². The van der Waals surface area contributed by atoms with E-state index in [9.17, 15) is 4.79 Å². The van der Waals surface area contributed by atoms with Gasteiger partial charge < -0.3 is 9.80 Å². The Balaban J connectivity index is 1.59. The Morgan fingerprint density at radius 1 is 1.24 bits per heavy atom. The highest BCUT2D eigenvalue weighted by Gasteiger charge is 2.36. The number of amides is 1. The topological polar surface area (TPSA) is 52.6 Å². The molecule has 0 aromatic carbocycles. The van der Waals surface area contributed by atoms with Crippen LogP contribution in [0.1, 0.15) is 19.2 Å². The fraction of sp³-hybridized carbons (Fsp3) is 0.667. The van der Waals surface area contributed by atoms with Crippen molar-refractivity contribution in [2.75, 3.05) is 44.2 Å². The van der Waals surface area contributed by atoms with Gasteiger partial charge in [-0.15, -0.1) is 0 Å². The lowest BCUT2D eigenvalue weighted by molar-refractivity contribution is -0.132. The second-order valence-electron chi connectivity index (χ2n) is 5.71. The molecule has 114 valence electrons. The quantitative estimate of drug-likeness (QED) is 0.812. The molecule has 0 bridgehead atoms. The minimum absolute atomic E-state index is 0.0965. The monoisotopic (exact) mass is 289 g/mol. The molecule has 1 unspecified atom stereocenters. The average molecular weight is 289 g/mol. The van der Waals surface area contributed by atoms with Crippen molar-refractivity contribution in [2.24, 2.45) is 0 Å². The van der Waals surface area contributed by atoms with Crippen LogP contribution in [0.15, 0.2) is 12.3 Å². The van der Waals surface area contributed by atoms with Crippen molar-refractivity contribution < 1.29 is 4.79 Å². The van der Waals surface area contributed by atoms with Gasteiger partial charge in [-0.3, -0.25) is 9.69 Å². The zero-order chi connectivity index (χ0) is 14.8. The molecule has 1 aromatic rings. The number of rotatable bonds is 3. The molecule has 2 aliphatic rings. The number of aryl methyl sites for hydroxylation is 1. The van der Waals surface area contributed by atoms with E-state index in [4.69, 9.17) is 0 Å². The molecular weight excluding hydrogens is 266 g/mol. The first kappa shape index (κ1) is 14.3. The molecule has 1 aromatic heterocycles. The fourth-order valence-electron chi connectivity index (χ4n) is 3.26. The molecule has 0 N–H and O–H groups in total. The van der Waals surface area contributed by atoms with Crippen LogP contribution in [0, 0.1) is 6.92 Å². The molecule has 0 radical (unpaired) electrons. The highest BCUT2D eigenvalue weighted by Crippen LogP contribution is 2.20. The van der Waals surface area contributed by atoms with Crippen LogP contribution >= 0.6 is 0 Å². The molecule has 0 aliphatic carbocycles. The van der Waals surface area contributed by atoms with Crippen molar-refractivity contribution in [2.45, 2.75) is 26.3 Å². The van der Waals surface area contributed by atoms with Crippen molar-refractivity contribution in [3.8, 4) is 0 Å². The van der Waals surface area contributed by atoms with E-state index in [0.29, 0.717) is 5.91 Å². The summed E-state index contributed by atoms with van der Waals surface area (Å²) in [6, 6.07) is 2.06. The van der Waals surface area contributed by atoms with Gasteiger partial charge in [0.25, 0.3) is 0 Å². The van der Waals surface area contributed by atoms with E-state index in [1.807, 2.05) is 24.1 Å². The fourth-order valence-corrected chi connectivity index (χ4v) is 3.26. The Morgan fingerprint density at radius 3 is 2.62 bits per heavy atom. The van der Waals surface area contributed by atoms with Crippen molar-refractivity contribution in [3.63, 3.8) is 0 Å². The maximum absolute atomic E-state index is 12.3. The molecule has 2 fully saturated rings. The summed E-state index contributed by atoms with van der Waals surface area (Å²) in [5, 5.41) is 0. The van der Waals surface area contributed by atoms with Crippen LogP contribution in [0.3, 0.4) is 0 Å². The molecule has 2 saturated heterocycles. The van der Waals surface area contributed by atoms with Gasteiger partial charge in [-0.05, 0) is 26.3 Å². The minimum atomic E-state index is 0.0965. The number of hydrogen-bond donors (Lipinski definition) is 0. The van der Waals surface area contributed by atoms with Crippen molar-refractivity contribution in [3.05, 3.63) is 18.1 Å². The van der Waals surface area contributed by atoms with Crippen LogP contribution in [-0.4, -0.2) is 71.0 Å². The van der Waals surface area contributed by atoms with Gasteiger partial charge in [0.1, 0.15) is 11.6 Å². The highest BCUT2D eigenvalue weighted by molar-refractivity contribution is 5.84. The third-order valence-corrected chi connectivity index (χ3v) is 4.49. The molecule has 21 heavy (non-hydrogen) atoms. The minimum Gasteiger partial charge on any atom is -0.354 e. The Morgan fingerprint density at radius 2 is 2.00 bits per heavy atom. The third kappa shape index (κ3) is 2.85. The van der Waals surface area contributed by atoms with Gasteiger partial charge >= 0.3 is 0 Å². The normalized spacial score (nSPS) is 23.9. The van der Waals surface area contributed by atoms with E-state index >= 15 is 0 Å². The first-order valence-corrected chi connectivity index (χ1v) is 7.76. The smallest absolute Gasteiger partial charge is 0.239 e. The lowest BCUT2D eigenvalue weighted by Crippen LogP contribution is -2.52. The zero-order valence-electron chi connectivity index (χ0n) is 12.8. The van der Waals surface area contributed by atoms with Gasteiger partial charge in [0.15, 0.2) is 0 Å². The lowest BCUT2D eigenvalue weighted by atomic mass is 10.2. The Labute approximate surface area is 125 Å². The maximum atomic E-state index is 12.3. The molecule has 0 saturated carbocycles. The summed E-state index contributed by atoms with van der Waals surface area (Å²) >= 11 is 0. The molecule has 1 atom stereocenters. The molecule has 1 amide bonds. The zero-order valence-corrected chi connectivity index (χ0v) is 12.8. The second kappa shape index (κ2) is 5.97. The molecule has 6 nitrogen and oxygen atoms in total. The van der Waals surface area contributed by atoms with Crippen LogP contribution in [-0.2, 0) is 4.79 Å². The molecule has 2 aliphatic heterocycles. The number of likely N-dealkylation sites (N-methyl/N-ethyl adjacent to an activating group) is 1. The van der Waals surface area contributed by atoms with Gasteiger partial charge in [-0.2, -0.15) is 0 Å². The van der Waals surface area contributed by atoms with E-state index < -0.39 is 0 Å². The van der Waals surface area contributed by atoms with Crippen LogP contribution in [0.25, 0.3) is 0 Å². The molecule has 0 spiro atoms. The second-order valence-corrected chi connectivity index (χ2v) is 5.71. The van der Waals surface area contributed by atoms with Gasteiger partial charge in [-0.1, -0.05) is 0 Å². The number of aromatic nitrogens is 2. The number of likely N-dealkylation sites (tertiary alicyclic amines) is 1. The van der Waals surface area contributed by atoms with Crippen molar-refractivity contribution in [1.82, 2.24) is 19.8 Å². The lowest BCUT2D eigenvalue weighted by Gasteiger charge is -2.37. The number of nitrogens with zero attached hydrogens (tertiary/aromatic N) is 5. The molecule has 6 heteroatoms. The Kier molecular flexibility index (Phi) is 4.05. The van der Waals surface area contributed by atoms with Crippen molar-refractivity contribution >= 4 is 11.7 Å². The standard InChI is InChI=1S/C15H23N5O/c1-3-18-7-5-13(15(18)21)19-8-10-20(11-9-19)14-4-6-16-12(2)17-14/h4,6,13H,3,5,7-11H2,1-2H3. The summed E-state index contributed by atoms with van der Waals surface area (Å²) in [5.41, 5.74) is 0. The maximum Gasteiger partial charge on any atom is 0.239 e. The summed E-state index contributed by atoms with van der Waals surface area (Å²) < 4.78 is 0. The van der Waals surface area contributed by atoms with Crippen LogP contribution in [0.5, 0.6) is 0 Å². The largest absolute Gasteiger partial charge is 0.354 e. The summed E-state index contributed by atoms with van der Waals surface area (Å²) in [7, 11) is 0. The van der Waals surface area contributed by atoms with Gasteiger partial charge in [0.2, 0.25) is 5.91 Å². The van der Waals surface area contributed by atoms with Crippen LogP contribution in [0.2, 0.25) is 0 Å². The third-order valence-electron chi connectivity index (χ3n) is 4.49. The Hall–Kier alpha value is -1.69. The number of piperazine rings is 1. The van der Waals surface area contributed by atoms with Gasteiger partial charge in [0, 0.05) is 45.5 Å². The first-order chi connectivity index (χ1) is 10.2. The molecular formula is C15H23N5O. The summed E-state index contributed by atoms with van der Waals surface area (Å²) in [6.45, 7) is 9.40. The number of carbonyl (C=O) groups excluding carboxylic acids is 1. The predicted molar refractivity (Wildman–Crippen MR) is 81.2 cm³/mol. The van der Waals surface area contributed by atoms with Gasteiger partial charge in [0.05, 0.1) is 6.04 Å². The van der Waals surface area contributed by atoms with Gasteiger partial charge in [-0.25, -0.2) is 9.97 Å². The average Bonchev–Trinajstić information content (AvgIpc) is 2.88. The highest BCUT2D eigenvalue weighted by atomic mass is 16.2. The van der Waals surface area contributed by atoms with E-state index in [0.717, 1.165) is 57.3 Å². The van der Waals surface area contributed by atoms with Crippen LogP contribution < -0.4 is 4.90 Å².